The smallest absolute Gasteiger partial charge is 0.231 e. The van der Waals surface area contributed by atoms with Gasteiger partial charge in [-0.1, -0.05) is 17.3 Å². The number of rotatable bonds is 4. The molecule has 0 aliphatic rings. The van der Waals surface area contributed by atoms with Gasteiger partial charge in [-0.3, -0.25) is 4.68 Å². The Morgan fingerprint density at radius 1 is 1.18 bits per heavy atom. The van der Waals surface area contributed by atoms with E-state index in [1.807, 2.05) is 31.6 Å². The first kappa shape index (κ1) is 16.4. The van der Waals surface area contributed by atoms with Crippen molar-refractivity contribution >= 4 is 11.0 Å². The van der Waals surface area contributed by atoms with Gasteiger partial charge in [-0.25, -0.2) is 9.37 Å². The molecule has 1 N–H and O–H groups in total. The highest BCUT2D eigenvalue weighted by molar-refractivity contribution is 5.93. The molecule has 5 aromatic rings. The van der Waals surface area contributed by atoms with Gasteiger partial charge in [-0.2, -0.15) is 10.1 Å². The molecule has 28 heavy (non-hydrogen) atoms. The molecular formula is C20H15FN6O. The van der Waals surface area contributed by atoms with Gasteiger partial charge in [0.15, 0.2) is 0 Å². The molecule has 1 aromatic carbocycles. The molecule has 0 amide bonds. The Balaban J connectivity index is 1.50. The number of nitrogens with zero attached hydrogens (tertiary/aromatic N) is 5. The first-order chi connectivity index (χ1) is 13.7. The molecule has 0 fully saturated rings. The van der Waals surface area contributed by atoms with E-state index >= 15 is 0 Å². The Morgan fingerprint density at radius 3 is 2.93 bits per heavy atom. The van der Waals surface area contributed by atoms with Crippen LogP contribution in [0.2, 0.25) is 0 Å². The van der Waals surface area contributed by atoms with Crippen LogP contribution in [0.4, 0.5) is 4.39 Å². The minimum atomic E-state index is -0.289. The maximum Gasteiger partial charge on any atom is 0.231 e. The molecule has 0 saturated carbocycles. The zero-order valence-electron chi connectivity index (χ0n) is 14.9. The molecule has 5 rings (SSSR count). The molecule has 8 heteroatoms. The number of halogens is 1. The Bertz CT molecular complexity index is 1280. The topological polar surface area (TPSA) is 85.4 Å². The van der Waals surface area contributed by atoms with Crippen molar-refractivity contribution in [2.24, 2.45) is 7.05 Å². The Labute approximate surface area is 158 Å². The third-order valence-corrected chi connectivity index (χ3v) is 4.52. The fourth-order valence-electron chi connectivity index (χ4n) is 3.17. The molecule has 0 spiro atoms. The normalized spacial score (nSPS) is 11.4. The summed E-state index contributed by atoms with van der Waals surface area (Å²) in [7, 11) is 1.87. The van der Waals surface area contributed by atoms with E-state index in [2.05, 4.69) is 25.2 Å². The van der Waals surface area contributed by atoms with E-state index in [0.717, 1.165) is 33.3 Å². The van der Waals surface area contributed by atoms with Gasteiger partial charge in [-0.15, -0.1) is 0 Å². The lowest BCUT2D eigenvalue weighted by Crippen LogP contribution is -1.89. The van der Waals surface area contributed by atoms with E-state index in [1.54, 1.807) is 23.1 Å². The average Bonchev–Trinajstić information content (AvgIpc) is 3.40. The van der Waals surface area contributed by atoms with Crippen LogP contribution in [-0.4, -0.2) is 29.9 Å². The van der Waals surface area contributed by atoms with Crippen LogP contribution in [0, 0.1) is 5.82 Å². The number of nitrogens with one attached hydrogen (secondary N) is 1. The van der Waals surface area contributed by atoms with Crippen molar-refractivity contribution in [3.05, 3.63) is 72.4 Å². The SMILES string of the molecule is Cn1cc(-c2cnc3[nH]cc(-c4noc(Cc5cccc(F)c5)n4)c3c2)cn1. The van der Waals surface area contributed by atoms with Gasteiger partial charge in [0, 0.05) is 47.7 Å². The van der Waals surface area contributed by atoms with Crippen LogP contribution < -0.4 is 0 Å². The quantitative estimate of drug-likeness (QED) is 0.518. The number of benzene rings is 1. The van der Waals surface area contributed by atoms with Crippen molar-refractivity contribution in [2.45, 2.75) is 6.42 Å². The molecule has 0 unspecified atom stereocenters. The standard InChI is InChI=1S/C20H15FN6O/c1-27-11-14(9-24-27)13-7-16-17(10-23-19(16)22-8-13)20-25-18(28-26-20)6-12-3-2-4-15(21)5-12/h2-5,7-11H,6H2,1H3,(H,22,23). The van der Waals surface area contributed by atoms with E-state index in [9.17, 15) is 4.39 Å². The first-order valence-corrected chi connectivity index (χ1v) is 8.69. The van der Waals surface area contributed by atoms with Crippen LogP contribution in [0.3, 0.4) is 0 Å². The van der Waals surface area contributed by atoms with Gasteiger partial charge in [0.25, 0.3) is 0 Å². The fraction of sp³-hybridized carbons (Fsp3) is 0.100. The number of pyridine rings is 1. The van der Waals surface area contributed by atoms with Crippen LogP contribution in [0.15, 0.2) is 59.6 Å². The lowest BCUT2D eigenvalue weighted by Gasteiger charge is -1.98. The summed E-state index contributed by atoms with van der Waals surface area (Å²) in [6.45, 7) is 0. The number of aromatic nitrogens is 6. The van der Waals surface area contributed by atoms with E-state index in [0.29, 0.717) is 18.1 Å². The highest BCUT2D eigenvalue weighted by atomic mass is 19.1. The lowest BCUT2D eigenvalue weighted by molar-refractivity contribution is 0.385. The monoisotopic (exact) mass is 374 g/mol. The first-order valence-electron chi connectivity index (χ1n) is 8.69. The van der Waals surface area contributed by atoms with E-state index in [4.69, 9.17) is 4.52 Å². The maximum atomic E-state index is 13.4. The second-order valence-corrected chi connectivity index (χ2v) is 6.54. The van der Waals surface area contributed by atoms with Gasteiger partial charge >= 0.3 is 0 Å². The lowest BCUT2D eigenvalue weighted by atomic mass is 10.1. The second-order valence-electron chi connectivity index (χ2n) is 6.54. The van der Waals surface area contributed by atoms with Crippen LogP contribution in [-0.2, 0) is 13.5 Å². The van der Waals surface area contributed by atoms with Gasteiger partial charge in [0.2, 0.25) is 11.7 Å². The largest absolute Gasteiger partial charge is 0.345 e. The molecular weight excluding hydrogens is 359 g/mol. The number of aromatic amines is 1. The summed E-state index contributed by atoms with van der Waals surface area (Å²) in [5.74, 6) is 0.594. The van der Waals surface area contributed by atoms with E-state index < -0.39 is 0 Å². The number of fused-ring (bicyclic) bond motifs is 1. The molecule has 4 heterocycles. The summed E-state index contributed by atoms with van der Waals surface area (Å²) in [6, 6.07) is 8.37. The summed E-state index contributed by atoms with van der Waals surface area (Å²) in [5, 5.41) is 9.18. The van der Waals surface area contributed by atoms with Gasteiger partial charge in [-0.05, 0) is 23.8 Å². The summed E-state index contributed by atoms with van der Waals surface area (Å²) in [5.41, 5.74) is 4.23. The van der Waals surface area contributed by atoms with Crippen LogP contribution in [0.1, 0.15) is 11.5 Å². The van der Waals surface area contributed by atoms with Crippen molar-refractivity contribution in [3.8, 4) is 22.5 Å². The summed E-state index contributed by atoms with van der Waals surface area (Å²) in [6.07, 6.45) is 7.69. The van der Waals surface area contributed by atoms with Crippen LogP contribution >= 0.6 is 0 Å². The van der Waals surface area contributed by atoms with Crippen molar-refractivity contribution in [1.82, 2.24) is 29.9 Å². The van der Waals surface area contributed by atoms with E-state index in [1.165, 1.54) is 12.1 Å². The minimum Gasteiger partial charge on any atom is -0.345 e. The molecule has 7 nitrogen and oxygen atoms in total. The molecule has 4 aromatic heterocycles. The highest BCUT2D eigenvalue weighted by Crippen LogP contribution is 2.29. The van der Waals surface area contributed by atoms with Crippen molar-refractivity contribution in [2.75, 3.05) is 0 Å². The highest BCUT2D eigenvalue weighted by Gasteiger charge is 2.15. The second kappa shape index (κ2) is 6.41. The maximum absolute atomic E-state index is 13.4. The molecule has 0 saturated heterocycles. The van der Waals surface area contributed by atoms with Gasteiger partial charge in [0.1, 0.15) is 11.5 Å². The number of H-pyrrole nitrogens is 1. The van der Waals surface area contributed by atoms with Crippen LogP contribution in [0.25, 0.3) is 33.5 Å². The molecule has 0 aliphatic carbocycles. The third-order valence-electron chi connectivity index (χ3n) is 4.52. The predicted molar refractivity (Wildman–Crippen MR) is 101 cm³/mol. The average molecular weight is 374 g/mol. The fourth-order valence-corrected chi connectivity index (χ4v) is 3.17. The van der Waals surface area contributed by atoms with Crippen molar-refractivity contribution in [1.29, 1.82) is 0 Å². The summed E-state index contributed by atoms with van der Waals surface area (Å²) >= 11 is 0. The molecule has 0 aliphatic heterocycles. The number of hydrogen-bond donors (Lipinski definition) is 1. The predicted octanol–water partition coefficient (Wildman–Crippen LogP) is 3.74. The molecule has 138 valence electrons. The number of aryl methyl sites for hydroxylation is 1. The van der Waals surface area contributed by atoms with E-state index in [-0.39, 0.29) is 5.82 Å². The molecule has 0 radical (unpaired) electrons. The third kappa shape index (κ3) is 2.94. The molecule has 0 bridgehead atoms. The minimum absolute atomic E-state index is 0.289. The zero-order chi connectivity index (χ0) is 19.1. The Morgan fingerprint density at radius 2 is 2.11 bits per heavy atom. The summed E-state index contributed by atoms with van der Waals surface area (Å²) in [4.78, 5) is 12.1. The van der Waals surface area contributed by atoms with Crippen LogP contribution in [0.5, 0.6) is 0 Å². The van der Waals surface area contributed by atoms with Gasteiger partial charge in [0.05, 0.1) is 12.6 Å². The van der Waals surface area contributed by atoms with Gasteiger partial charge < -0.3 is 9.51 Å². The zero-order valence-corrected chi connectivity index (χ0v) is 14.9. The summed E-state index contributed by atoms with van der Waals surface area (Å²) < 4.78 is 20.5. The molecule has 0 atom stereocenters. The number of hydrogen-bond acceptors (Lipinski definition) is 5. The van der Waals surface area contributed by atoms with Crippen molar-refractivity contribution < 1.29 is 8.91 Å². The Kier molecular flexibility index (Phi) is 3.75. The Hall–Kier alpha value is -3.81. The van der Waals surface area contributed by atoms with Crippen molar-refractivity contribution in [3.63, 3.8) is 0 Å².